The number of aromatic amines is 1. The molecule has 1 saturated heterocycles. The molecular weight excluding hydrogens is 296 g/mol. The molecule has 1 aromatic rings. The summed E-state index contributed by atoms with van der Waals surface area (Å²) in [4.78, 5) is 12.9. The number of likely N-dealkylation sites (N-methyl/N-ethyl adjacent to an activating group) is 1. The van der Waals surface area contributed by atoms with Gasteiger partial charge in [0.1, 0.15) is 4.90 Å². The third-order valence-corrected chi connectivity index (χ3v) is 5.67. The van der Waals surface area contributed by atoms with Crippen molar-refractivity contribution in [3.63, 3.8) is 0 Å². The lowest BCUT2D eigenvalue weighted by molar-refractivity contribution is 0.0686. The summed E-state index contributed by atoms with van der Waals surface area (Å²) in [5.74, 6) is -1.35. The molecule has 118 valence electrons. The number of rotatable bonds is 5. The van der Waals surface area contributed by atoms with Crippen LogP contribution >= 0.6 is 0 Å². The number of aromatic nitrogens is 2. The van der Waals surface area contributed by atoms with E-state index in [4.69, 9.17) is 5.11 Å². The van der Waals surface area contributed by atoms with Gasteiger partial charge in [0.05, 0.1) is 5.69 Å². The fraction of sp³-hybridized carbons (Fsp3) is 0.667. The molecule has 0 amide bonds. The van der Waals surface area contributed by atoms with E-state index in [-0.39, 0.29) is 16.6 Å². The lowest BCUT2D eigenvalue weighted by atomic mass is 10.2. The van der Waals surface area contributed by atoms with Crippen molar-refractivity contribution in [2.45, 2.75) is 30.7 Å². The molecule has 9 heteroatoms. The average molecular weight is 316 g/mol. The zero-order valence-electron chi connectivity index (χ0n) is 12.3. The van der Waals surface area contributed by atoms with Crippen LogP contribution < -0.4 is 0 Å². The fourth-order valence-electron chi connectivity index (χ4n) is 2.73. The number of nitrogens with one attached hydrogen (secondary N) is 1. The Hall–Kier alpha value is -1.45. The van der Waals surface area contributed by atoms with E-state index in [1.807, 2.05) is 19.0 Å². The highest BCUT2D eigenvalue weighted by Crippen LogP contribution is 2.29. The molecule has 8 nitrogen and oxygen atoms in total. The van der Waals surface area contributed by atoms with Gasteiger partial charge in [-0.25, -0.2) is 13.2 Å². The molecular formula is C12H20N4O4S. The summed E-state index contributed by atoms with van der Waals surface area (Å²) >= 11 is 0. The maximum Gasteiger partial charge on any atom is 0.357 e. The number of hydrogen-bond donors (Lipinski definition) is 2. The summed E-state index contributed by atoms with van der Waals surface area (Å²) in [7, 11) is -0.0968. The van der Waals surface area contributed by atoms with Crippen molar-refractivity contribution in [3.8, 4) is 0 Å². The first-order chi connectivity index (χ1) is 9.75. The Bertz CT molecular complexity index is 638. The largest absolute Gasteiger partial charge is 0.476 e. The van der Waals surface area contributed by atoms with Crippen LogP contribution in [-0.4, -0.2) is 72.1 Å². The summed E-state index contributed by atoms with van der Waals surface area (Å²) in [6.07, 6.45) is 1.55. The normalized spacial score (nSPS) is 20.3. The first-order valence-electron chi connectivity index (χ1n) is 6.70. The molecule has 0 spiro atoms. The Morgan fingerprint density at radius 2 is 2.19 bits per heavy atom. The first kappa shape index (κ1) is 15.9. The van der Waals surface area contributed by atoms with Gasteiger partial charge in [-0.15, -0.1) is 0 Å². The summed E-state index contributed by atoms with van der Waals surface area (Å²) in [6.45, 7) is 2.53. The molecule has 1 aromatic heterocycles. The Balaban J connectivity index is 2.42. The van der Waals surface area contributed by atoms with Gasteiger partial charge in [-0.05, 0) is 33.9 Å². The molecule has 0 aromatic carbocycles. The Kier molecular flexibility index (Phi) is 4.35. The lowest BCUT2D eigenvalue weighted by Gasteiger charge is -2.26. The lowest BCUT2D eigenvalue weighted by Crippen LogP contribution is -2.41. The molecule has 1 unspecified atom stereocenters. The molecule has 2 rings (SSSR count). The molecule has 1 atom stereocenters. The van der Waals surface area contributed by atoms with E-state index in [1.165, 1.54) is 11.2 Å². The number of hydrogen-bond acceptors (Lipinski definition) is 5. The quantitative estimate of drug-likeness (QED) is 0.800. The van der Waals surface area contributed by atoms with Gasteiger partial charge in [0.2, 0.25) is 10.0 Å². The number of nitrogens with zero attached hydrogens (tertiary/aromatic N) is 3. The number of H-pyrrole nitrogens is 1. The van der Waals surface area contributed by atoms with Gasteiger partial charge in [0.25, 0.3) is 0 Å². The molecule has 0 bridgehead atoms. The summed E-state index contributed by atoms with van der Waals surface area (Å²) in [6, 6.07) is -0.138. The van der Waals surface area contributed by atoms with Crippen LogP contribution in [0.2, 0.25) is 0 Å². The molecule has 1 aliphatic rings. The molecule has 1 fully saturated rings. The summed E-state index contributed by atoms with van der Waals surface area (Å²) < 4.78 is 27.0. The van der Waals surface area contributed by atoms with Crippen molar-refractivity contribution in [2.75, 3.05) is 27.2 Å². The van der Waals surface area contributed by atoms with Crippen molar-refractivity contribution < 1.29 is 18.3 Å². The topological polar surface area (TPSA) is 107 Å². The molecule has 1 aliphatic heterocycles. The van der Waals surface area contributed by atoms with Gasteiger partial charge in [-0.1, -0.05) is 0 Å². The van der Waals surface area contributed by atoms with Crippen molar-refractivity contribution in [3.05, 3.63) is 11.4 Å². The SMILES string of the molecule is Cc1[nH]nc(C(=O)O)c1S(=O)(=O)N1CCCC1CN(C)C. The summed E-state index contributed by atoms with van der Waals surface area (Å²) in [5, 5.41) is 15.2. The highest BCUT2D eigenvalue weighted by molar-refractivity contribution is 7.89. The van der Waals surface area contributed by atoms with Crippen molar-refractivity contribution >= 4 is 16.0 Å². The van der Waals surface area contributed by atoms with Crippen LogP contribution in [0.15, 0.2) is 4.90 Å². The van der Waals surface area contributed by atoms with Gasteiger partial charge in [-0.2, -0.15) is 9.40 Å². The van der Waals surface area contributed by atoms with Gasteiger partial charge in [0, 0.05) is 19.1 Å². The van der Waals surface area contributed by atoms with Crippen LogP contribution in [0.3, 0.4) is 0 Å². The minimum absolute atomic E-state index is 0.138. The number of carboxylic acid groups (broad SMARTS) is 1. The zero-order chi connectivity index (χ0) is 15.8. The van der Waals surface area contributed by atoms with Crippen LogP contribution in [0.25, 0.3) is 0 Å². The van der Waals surface area contributed by atoms with Crippen LogP contribution in [-0.2, 0) is 10.0 Å². The maximum absolute atomic E-state index is 12.8. The molecule has 0 aliphatic carbocycles. The predicted octanol–water partition coefficient (Wildman–Crippen LogP) is 0.131. The Morgan fingerprint density at radius 3 is 2.76 bits per heavy atom. The number of aromatic carboxylic acids is 1. The molecule has 2 N–H and O–H groups in total. The number of carbonyl (C=O) groups is 1. The fourth-order valence-corrected chi connectivity index (χ4v) is 4.70. The van der Waals surface area contributed by atoms with Crippen LogP contribution in [0.4, 0.5) is 0 Å². The monoisotopic (exact) mass is 316 g/mol. The van der Waals surface area contributed by atoms with Gasteiger partial charge in [-0.3, -0.25) is 5.10 Å². The highest BCUT2D eigenvalue weighted by Gasteiger charge is 2.39. The Morgan fingerprint density at radius 1 is 1.52 bits per heavy atom. The second-order valence-electron chi connectivity index (χ2n) is 5.51. The number of sulfonamides is 1. The smallest absolute Gasteiger partial charge is 0.357 e. The minimum Gasteiger partial charge on any atom is -0.476 e. The second kappa shape index (κ2) is 5.74. The molecule has 2 heterocycles. The third-order valence-electron chi connectivity index (χ3n) is 3.56. The van der Waals surface area contributed by atoms with E-state index in [1.54, 1.807) is 0 Å². The van der Waals surface area contributed by atoms with E-state index in [0.717, 1.165) is 12.8 Å². The minimum atomic E-state index is -3.86. The maximum atomic E-state index is 12.8. The molecule has 0 radical (unpaired) electrons. The van der Waals surface area contributed by atoms with E-state index >= 15 is 0 Å². The van der Waals surface area contributed by atoms with Crippen LogP contribution in [0.1, 0.15) is 29.0 Å². The zero-order valence-corrected chi connectivity index (χ0v) is 13.1. The van der Waals surface area contributed by atoms with Gasteiger partial charge in [0.15, 0.2) is 5.69 Å². The summed E-state index contributed by atoms with van der Waals surface area (Å²) in [5.41, 5.74) is -0.189. The van der Waals surface area contributed by atoms with Crippen LogP contribution in [0, 0.1) is 6.92 Å². The van der Waals surface area contributed by atoms with Crippen molar-refractivity contribution in [1.29, 1.82) is 0 Å². The molecule has 21 heavy (non-hydrogen) atoms. The number of aryl methyl sites for hydroxylation is 1. The van der Waals surface area contributed by atoms with Gasteiger partial charge >= 0.3 is 5.97 Å². The van der Waals surface area contributed by atoms with E-state index < -0.39 is 21.7 Å². The Labute approximate surface area is 123 Å². The molecule has 0 saturated carbocycles. The predicted molar refractivity (Wildman–Crippen MR) is 75.8 cm³/mol. The van der Waals surface area contributed by atoms with E-state index in [2.05, 4.69) is 10.2 Å². The highest BCUT2D eigenvalue weighted by atomic mass is 32.2. The van der Waals surface area contributed by atoms with Gasteiger partial charge < -0.3 is 10.0 Å². The van der Waals surface area contributed by atoms with Crippen molar-refractivity contribution in [2.24, 2.45) is 0 Å². The number of carboxylic acids is 1. The third kappa shape index (κ3) is 2.94. The average Bonchev–Trinajstić information content (AvgIpc) is 2.95. The van der Waals surface area contributed by atoms with Crippen molar-refractivity contribution in [1.82, 2.24) is 19.4 Å². The van der Waals surface area contributed by atoms with E-state index in [9.17, 15) is 13.2 Å². The second-order valence-corrected chi connectivity index (χ2v) is 7.33. The standard InChI is InChI=1S/C12H20N4O4S/c1-8-11(10(12(17)18)14-13-8)21(19,20)16-6-4-5-9(16)7-15(2)3/h9H,4-7H2,1-3H3,(H,13,14)(H,17,18). The van der Waals surface area contributed by atoms with Crippen LogP contribution in [0.5, 0.6) is 0 Å². The first-order valence-corrected chi connectivity index (χ1v) is 8.14. The van der Waals surface area contributed by atoms with E-state index in [0.29, 0.717) is 13.1 Å².